The second-order valence-corrected chi connectivity index (χ2v) is 10.3. The monoisotopic (exact) mass is 496 g/mol. The van der Waals surface area contributed by atoms with Crippen LogP contribution < -0.4 is 9.21 Å². The zero-order valence-electron chi connectivity index (χ0n) is 18.2. The highest BCUT2D eigenvalue weighted by Crippen LogP contribution is 2.36. The Labute approximate surface area is 197 Å². The number of hydrogen-bond acceptors (Lipinski definition) is 6. The number of hydrogen-bond donors (Lipinski definition) is 1. The van der Waals surface area contributed by atoms with Crippen molar-refractivity contribution in [2.24, 2.45) is 0 Å². The SMILES string of the molecule is CN(C)c1cccc2c(N(C(C(=O)O)=S(=O)=O)S(=O)(=O)c3ccc4ccccc4c3)cccc12. The van der Waals surface area contributed by atoms with Crippen molar-refractivity contribution in [1.82, 2.24) is 0 Å². The number of carboxylic acids is 1. The minimum atomic E-state index is -4.65. The van der Waals surface area contributed by atoms with Crippen LogP contribution in [0.15, 0.2) is 83.8 Å². The molecule has 0 spiro atoms. The lowest BCUT2D eigenvalue weighted by molar-refractivity contribution is -0.129. The van der Waals surface area contributed by atoms with Crippen molar-refractivity contribution in [2.75, 3.05) is 23.3 Å². The Balaban J connectivity index is 2.08. The van der Waals surface area contributed by atoms with E-state index in [9.17, 15) is 26.7 Å². The molecule has 0 fully saturated rings. The zero-order valence-corrected chi connectivity index (χ0v) is 19.8. The topological polar surface area (TPSA) is 112 Å². The summed E-state index contributed by atoms with van der Waals surface area (Å²) in [6, 6.07) is 21.2. The van der Waals surface area contributed by atoms with Gasteiger partial charge in [0.2, 0.25) is 10.3 Å². The third kappa shape index (κ3) is 3.97. The summed E-state index contributed by atoms with van der Waals surface area (Å²) < 4.78 is 52.1. The summed E-state index contributed by atoms with van der Waals surface area (Å²) in [6.07, 6.45) is 0. The summed E-state index contributed by atoms with van der Waals surface area (Å²) in [6.45, 7) is 0. The van der Waals surface area contributed by atoms with E-state index < -0.39 is 31.3 Å². The lowest BCUT2D eigenvalue weighted by atomic mass is 10.1. The maximum Gasteiger partial charge on any atom is 0.369 e. The second kappa shape index (κ2) is 8.81. The first kappa shape index (κ1) is 23.3. The van der Waals surface area contributed by atoms with E-state index in [2.05, 4.69) is 0 Å². The third-order valence-corrected chi connectivity index (χ3v) is 7.86. The van der Waals surface area contributed by atoms with Gasteiger partial charge in [-0.25, -0.2) is 17.5 Å². The smallest absolute Gasteiger partial charge is 0.369 e. The first-order valence-electron chi connectivity index (χ1n) is 10.1. The van der Waals surface area contributed by atoms with Crippen LogP contribution in [-0.4, -0.2) is 47.0 Å². The van der Waals surface area contributed by atoms with Crippen LogP contribution in [0.3, 0.4) is 0 Å². The minimum absolute atomic E-state index is 0.0871. The fourth-order valence-corrected chi connectivity index (χ4v) is 6.15. The minimum Gasteiger partial charge on any atom is -0.476 e. The molecule has 0 saturated heterocycles. The molecule has 0 aliphatic carbocycles. The highest BCUT2D eigenvalue weighted by atomic mass is 32.2. The number of carbonyl (C=O) groups is 1. The van der Waals surface area contributed by atoms with Crippen molar-refractivity contribution >= 4 is 64.2 Å². The van der Waals surface area contributed by atoms with Crippen molar-refractivity contribution in [3.05, 3.63) is 78.9 Å². The Morgan fingerprint density at radius 1 is 0.794 bits per heavy atom. The van der Waals surface area contributed by atoms with E-state index in [-0.39, 0.29) is 10.6 Å². The van der Waals surface area contributed by atoms with Gasteiger partial charge in [0.1, 0.15) is 0 Å². The van der Waals surface area contributed by atoms with Gasteiger partial charge >= 0.3 is 5.97 Å². The number of rotatable bonds is 4. The van der Waals surface area contributed by atoms with Crippen LogP contribution in [0, 0.1) is 0 Å². The third-order valence-electron chi connectivity index (χ3n) is 5.36. The first-order valence-corrected chi connectivity index (χ1v) is 12.6. The van der Waals surface area contributed by atoms with Crippen LogP contribution in [-0.2, 0) is 25.1 Å². The van der Waals surface area contributed by atoms with E-state index >= 15 is 0 Å². The number of sulfonamides is 1. The molecule has 0 aliphatic heterocycles. The van der Waals surface area contributed by atoms with E-state index in [1.807, 2.05) is 25.1 Å². The predicted molar refractivity (Wildman–Crippen MR) is 133 cm³/mol. The summed E-state index contributed by atoms with van der Waals surface area (Å²) in [5.74, 6) is -1.89. The Hall–Kier alpha value is -3.89. The number of anilines is 2. The van der Waals surface area contributed by atoms with E-state index in [1.165, 1.54) is 18.2 Å². The molecule has 0 aliphatic rings. The largest absolute Gasteiger partial charge is 0.476 e. The summed E-state index contributed by atoms with van der Waals surface area (Å²) >= 11 is 0. The van der Waals surface area contributed by atoms with Crippen molar-refractivity contribution in [1.29, 1.82) is 0 Å². The maximum atomic E-state index is 13.8. The fourth-order valence-electron chi connectivity index (χ4n) is 3.85. The molecule has 0 radical (unpaired) electrons. The molecule has 4 aromatic rings. The maximum absolute atomic E-state index is 13.8. The Kier molecular flexibility index (Phi) is 6.03. The van der Waals surface area contributed by atoms with Crippen molar-refractivity contribution in [3.63, 3.8) is 0 Å². The molecule has 4 aromatic carbocycles. The Morgan fingerprint density at radius 3 is 1.97 bits per heavy atom. The Morgan fingerprint density at radius 2 is 1.38 bits per heavy atom. The van der Waals surface area contributed by atoms with Gasteiger partial charge in [0, 0.05) is 30.6 Å². The van der Waals surface area contributed by atoms with Crippen molar-refractivity contribution in [2.45, 2.75) is 4.90 Å². The van der Waals surface area contributed by atoms with Gasteiger partial charge in [-0.2, -0.15) is 8.42 Å². The van der Waals surface area contributed by atoms with E-state index in [4.69, 9.17) is 0 Å². The van der Waals surface area contributed by atoms with Crippen LogP contribution >= 0.6 is 0 Å². The van der Waals surface area contributed by atoms with E-state index in [0.717, 1.165) is 11.1 Å². The fraction of sp³-hybridized carbons (Fsp3) is 0.0833. The molecule has 174 valence electrons. The molecule has 0 saturated carbocycles. The molecule has 0 heterocycles. The van der Waals surface area contributed by atoms with Gasteiger partial charge in [-0.05, 0) is 35.0 Å². The van der Waals surface area contributed by atoms with Crippen LogP contribution in [0.4, 0.5) is 11.4 Å². The summed E-state index contributed by atoms with van der Waals surface area (Å²) in [4.78, 5) is 12.3. The molecule has 4 rings (SSSR count). The molecule has 1 N–H and O–H groups in total. The van der Waals surface area contributed by atoms with E-state index in [0.29, 0.717) is 20.5 Å². The summed E-state index contributed by atoms with van der Waals surface area (Å²) in [5.41, 5.74) is 0.665. The van der Waals surface area contributed by atoms with Crippen LogP contribution in [0.1, 0.15) is 0 Å². The van der Waals surface area contributed by atoms with E-state index in [1.54, 1.807) is 54.6 Å². The molecule has 10 heteroatoms. The molecule has 0 unspecified atom stereocenters. The zero-order chi connectivity index (χ0) is 24.6. The predicted octanol–water partition coefficient (Wildman–Crippen LogP) is 3.35. The average Bonchev–Trinajstić information content (AvgIpc) is 2.80. The van der Waals surface area contributed by atoms with Crippen molar-refractivity contribution < 1.29 is 26.7 Å². The molecule has 0 atom stereocenters. The van der Waals surface area contributed by atoms with Gasteiger partial charge in [-0.15, -0.1) is 0 Å². The Bertz CT molecular complexity index is 1690. The van der Waals surface area contributed by atoms with Gasteiger partial charge < -0.3 is 10.0 Å². The lowest BCUT2D eigenvalue weighted by Crippen LogP contribution is -2.42. The number of aliphatic carboxylic acids is 1. The molecule has 34 heavy (non-hydrogen) atoms. The molecule has 0 bridgehead atoms. The lowest BCUT2D eigenvalue weighted by Gasteiger charge is -2.25. The molecular weight excluding hydrogens is 476 g/mol. The molecule has 8 nitrogen and oxygen atoms in total. The van der Waals surface area contributed by atoms with Crippen LogP contribution in [0.25, 0.3) is 21.5 Å². The van der Waals surface area contributed by atoms with Crippen LogP contribution in [0.2, 0.25) is 0 Å². The summed E-state index contributed by atoms with van der Waals surface area (Å²) in [5, 5.41) is 12.1. The average molecular weight is 497 g/mol. The van der Waals surface area contributed by atoms with Crippen molar-refractivity contribution in [3.8, 4) is 0 Å². The normalized spacial score (nSPS) is 11.4. The highest BCUT2D eigenvalue weighted by Gasteiger charge is 2.35. The number of fused-ring (bicyclic) bond motifs is 2. The quantitative estimate of drug-likeness (QED) is 0.431. The standard InChI is InChI=1S/C24H20N2O6S2/c1-25(2)21-11-5-10-20-19(21)9-6-12-22(20)26(23(24(27)28)33(29)30)34(31,32)18-14-13-16-7-3-4-8-17(16)15-18/h3-15H,1-2H3,(H,27,28). The van der Waals surface area contributed by atoms with Crippen LogP contribution in [0.5, 0.6) is 0 Å². The highest BCUT2D eigenvalue weighted by molar-refractivity contribution is 7.95. The summed E-state index contributed by atoms with van der Waals surface area (Å²) in [7, 11) is -4.39. The first-order chi connectivity index (χ1) is 16.1. The number of nitrogens with zero attached hydrogens (tertiary/aromatic N) is 2. The molecule has 0 amide bonds. The number of carboxylic acid groups (broad SMARTS) is 1. The van der Waals surface area contributed by atoms with Gasteiger partial charge in [-0.1, -0.05) is 54.6 Å². The second-order valence-electron chi connectivity index (χ2n) is 7.67. The van der Waals surface area contributed by atoms with Gasteiger partial charge in [-0.3, -0.25) is 0 Å². The molecule has 0 aromatic heterocycles. The van der Waals surface area contributed by atoms with Gasteiger partial charge in [0.15, 0.2) is 0 Å². The van der Waals surface area contributed by atoms with Gasteiger partial charge in [0.05, 0.1) is 10.6 Å². The molecular formula is C24H20N2O6S2. The number of benzene rings is 4. The van der Waals surface area contributed by atoms with Gasteiger partial charge in [0.25, 0.3) is 15.0 Å².